The number of primary sulfonamides is 1. The third kappa shape index (κ3) is 3.74. The summed E-state index contributed by atoms with van der Waals surface area (Å²) in [6, 6.07) is 4.29. The van der Waals surface area contributed by atoms with Crippen LogP contribution in [0.3, 0.4) is 0 Å². The molecule has 0 radical (unpaired) electrons. The van der Waals surface area contributed by atoms with E-state index in [0.29, 0.717) is 6.07 Å². The quantitative estimate of drug-likeness (QED) is 0.469. The molecule has 1 aromatic rings. The van der Waals surface area contributed by atoms with Crippen molar-refractivity contribution in [3.05, 3.63) is 33.9 Å². The number of nitriles is 1. The van der Waals surface area contributed by atoms with Gasteiger partial charge < -0.3 is 4.74 Å². The van der Waals surface area contributed by atoms with Crippen LogP contribution < -0.4 is 5.14 Å². The van der Waals surface area contributed by atoms with E-state index in [9.17, 15) is 23.3 Å². The molecule has 9 nitrogen and oxygen atoms in total. The van der Waals surface area contributed by atoms with Gasteiger partial charge in [-0.15, -0.1) is 0 Å². The van der Waals surface area contributed by atoms with Crippen molar-refractivity contribution in [2.45, 2.75) is 17.7 Å². The molecule has 0 saturated heterocycles. The zero-order valence-electron chi connectivity index (χ0n) is 10.8. The summed E-state index contributed by atoms with van der Waals surface area (Å²) >= 11 is 0. The predicted octanol–water partition coefficient (Wildman–Crippen LogP) is 0.412. The van der Waals surface area contributed by atoms with Crippen LogP contribution in [0.5, 0.6) is 0 Å². The molecule has 10 heteroatoms. The molecule has 1 unspecified atom stereocenters. The molecule has 0 fully saturated rings. The Morgan fingerprint density at radius 2 is 2.19 bits per heavy atom. The second-order valence-electron chi connectivity index (χ2n) is 3.84. The lowest BCUT2D eigenvalue weighted by atomic mass is 9.99. The maximum atomic E-state index is 11.6. The standard InChI is InChI=1S/C11H11N3O6S/c1-2-20-11(15)9(6-12)8-4-3-7(21(13,18)19)5-10(8)14(16)17/h3-5,9H,2H2,1H3,(H2,13,18,19). The van der Waals surface area contributed by atoms with Gasteiger partial charge in [0.2, 0.25) is 10.0 Å². The summed E-state index contributed by atoms with van der Waals surface area (Å²) in [7, 11) is -4.14. The molecule has 1 aromatic carbocycles. The van der Waals surface area contributed by atoms with Crippen molar-refractivity contribution in [2.24, 2.45) is 5.14 Å². The number of carbonyl (C=O) groups is 1. The molecule has 0 amide bonds. The van der Waals surface area contributed by atoms with Crippen molar-refractivity contribution in [3.63, 3.8) is 0 Å². The predicted molar refractivity (Wildman–Crippen MR) is 69.5 cm³/mol. The number of esters is 1. The Kier molecular flexibility index (Phi) is 4.96. The van der Waals surface area contributed by atoms with Crippen LogP contribution in [-0.2, 0) is 19.6 Å². The highest BCUT2D eigenvalue weighted by molar-refractivity contribution is 7.89. The highest BCUT2D eigenvalue weighted by Crippen LogP contribution is 2.29. The minimum absolute atomic E-state index is 0.0000732. The number of ether oxygens (including phenoxy) is 1. The fourth-order valence-electron chi connectivity index (χ4n) is 1.58. The molecule has 2 N–H and O–H groups in total. The van der Waals surface area contributed by atoms with Crippen LogP contribution in [0.4, 0.5) is 5.69 Å². The number of rotatable bonds is 5. The number of hydrogen-bond acceptors (Lipinski definition) is 7. The molecule has 0 bridgehead atoms. The first-order chi connectivity index (χ1) is 9.72. The lowest BCUT2D eigenvalue weighted by molar-refractivity contribution is -0.385. The van der Waals surface area contributed by atoms with E-state index in [1.54, 1.807) is 6.07 Å². The molecule has 0 saturated carbocycles. The first kappa shape index (κ1) is 16.5. The van der Waals surface area contributed by atoms with E-state index in [0.717, 1.165) is 12.1 Å². The molecular formula is C11H11N3O6S. The van der Waals surface area contributed by atoms with Crippen molar-refractivity contribution in [1.82, 2.24) is 0 Å². The van der Waals surface area contributed by atoms with Crippen LogP contribution >= 0.6 is 0 Å². The second-order valence-corrected chi connectivity index (χ2v) is 5.40. The Balaban J connectivity index is 3.46. The maximum absolute atomic E-state index is 11.6. The molecule has 0 aliphatic rings. The lowest BCUT2D eigenvalue weighted by Crippen LogP contribution is -2.17. The topological polar surface area (TPSA) is 153 Å². The molecule has 0 spiro atoms. The van der Waals surface area contributed by atoms with Gasteiger partial charge in [0, 0.05) is 6.07 Å². The number of sulfonamides is 1. The maximum Gasteiger partial charge on any atom is 0.328 e. The van der Waals surface area contributed by atoms with Gasteiger partial charge in [-0.3, -0.25) is 14.9 Å². The minimum Gasteiger partial charge on any atom is -0.465 e. The van der Waals surface area contributed by atoms with E-state index in [-0.39, 0.29) is 12.2 Å². The SMILES string of the molecule is CCOC(=O)C(C#N)c1ccc(S(N)(=O)=O)cc1[N+](=O)[O-]. The molecular weight excluding hydrogens is 302 g/mol. The molecule has 0 heterocycles. The van der Waals surface area contributed by atoms with Crippen molar-refractivity contribution >= 4 is 21.7 Å². The van der Waals surface area contributed by atoms with Gasteiger partial charge in [0.15, 0.2) is 5.92 Å². The average Bonchev–Trinajstić information content (AvgIpc) is 2.38. The van der Waals surface area contributed by atoms with E-state index < -0.39 is 37.4 Å². The molecule has 1 atom stereocenters. The van der Waals surface area contributed by atoms with Crippen LogP contribution in [0.25, 0.3) is 0 Å². The largest absolute Gasteiger partial charge is 0.465 e. The Bertz CT molecular complexity index is 722. The van der Waals surface area contributed by atoms with Gasteiger partial charge in [0.1, 0.15) is 0 Å². The fourth-order valence-corrected chi connectivity index (χ4v) is 2.11. The monoisotopic (exact) mass is 313 g/mol. The Hall–Kier alpha value is -2.51. The van der Waals surface area contributed by atoms with E-state index in [1.807, 2.05) is 0 Å². The van der Waals surface area contributed by atoms with Crippen LogP contribution in [0.2, 0.25) is 0 Å². The van der Waals surface area contributed by atoms with Crippen LogP contribution in [-0.4, -0.2) is 25.9 Å². The van der Waals surface area contributed by atoms with E-state index in [1.165, 1.54) is 6.92 Å². The van der Waals surface area contributed by atoms with Crippen LogP contribution in [0.1, 0.15) is 18.4 Å². The Morgan fingerprint density at radius 1 is 1.57 bits per heavy atom. The molecule has 112 valence electrons. The first-order valence-corrected chi connectivity index (χ1v) is 7.14. The highest BCUT2D eigenvalue weighted by atomic mass is 32.2. The average molecular weight is 313 g/mol. The number of carbonyl (C=O) groups excluding carboxylic acids is 1. The zero-order valence-corrected chi connectivity index (χ0v) is 11.7. The van der Waals surface area contributed by atoms with E-state index in [4.69, 9.17) is 10.4 Å². The number of hydrogen-bond donors (Lipinski definition) is 1. The fraction of sp³-hybridized carbons (Fsp3) is 0.273. The second kappa shape index (κ2) is 6.29. The summed E-state index contributed by atoms with van der Waals surface area (Å²) in [5.74, 6) is -2.48. The van der Waals surface area contributed by atoms with Crippen LogP contribution in [0, 0.1) is 21.4 Å². The minimum atomic E-state index is -4.14. The summed E-state index contributed by atoms with van der Waals surface area (Å²) in [5.41, 5.74) is -0.950. The zero-order chi connectivity index (χ0) is 16.2. The highest BCUT2D eigenvalue weighted by Gasteiger charge is 2.30. The first-order valence-electron chi connectivity index (χ1n) is 5.59. The van der Waals surface area contributed by atoms with Crippen molar-refractivity contribution in [2.75, 3.05) is 6.61 Å². The summed E-state index contributed by atoms with van der Waals surface area (Å²) in [6.07, 6.45) is 0. The lowest BCUT2D eigenvalue weighted by Gasteiger charge is -2.10. The van der Waals surface area contributed by atoms with Gasteiger partial charge >= 0.3 is 5.97 Å². The van der Waals surface area contributed by atoms with Gasteiger partial charge in [-0.05, 0) is 19.1 Å². The molecule has 0 aromatic heterocycles. The molecule has 0 aliphatic carbocycles. The number of nitrogens with two attached hydrogens (primary N) is 1. The van der Waals surface area contributed by atoms with Gasteiger partial charge in [-0.2, -0.15) is 5.26 Å². The third-order valence-electron chi connectivity index (χ3n) is 2.49. The summed E-state index contributed by atoms with van der Waals surface area (Å²) in [6.45, 7) is 1.52. The van der Waals surface area contributed by atoms with Gasteiger partial charge in [0.05, 0.1) is 28.1 Å². The third-order valence-corrected chi connectivity index (χ3v) is 3.40. The van der Waals surface area contributed by atoms with Gasteiger partial charge in [-0.25, -0.2) is 13.6 Å². The van der Waals surface area contributed by atoms with Crippen molar-refractivity contribution in [3.8, 4) is 6.07 Å². The number of benzene rings is 1. The van der Waals surface area contributed by atoms with Crippen molar-refractivity contribution < 1.29 is 22.9 Å². The van der Waals surface area contributed by atoms with Gasteiger partial charge in [0.25, 0.3) is 5.69 Å². The number of nitrogens with zero attached hydrogens (tertiary/aromatic N) is 2. The van der Waals surface area contributed by atoms with Crippen molar-refractivity contribution in [1.29, 1.82) is 5.26 Å². The van der Waals surface area contributed by atoms with Crippen LogP contribution in [0.15, 0.2) is 23.1 Å². The summed E-state index contributed by atoms with van der Waals surface area (Å²) < 4.78 is 27.0. The van der Waals surface area contributed by atoms with Gasteiger partial charge in [-0.1, -0.05) is 0 Å². The molecule has 0 aliphatic heterocycles. The van der Waals surface area contributed by atoms with E-state index in [2.05, 4.69) is 4.74 Å². The van der Waals surface area contributed by atoms with E-state index >= 15 is 0 Å². The number of nitro groups is 1. The Labute approximate surface area is 120 Å². The normalized spacial score (nSPS) is 12.2. The summed E-state index contributed by atoms with van der Waals surface area (Å²) in [4.78, 5) is 21.2. The summed E-state index contributed by atoms with van der Waals surface area (Å²) in [5, 5.41) is 24.9. The number of nitro benzene ring substituents is 1. The molecule has 21 heavy (non-hydrogen) atoms. The smallest absolute Gasteiger partial charge is 0.328 e. The molecule has 1 rings (SSSR count). The Morgan fingerprint density at radius 3 is 2.62 bits per heavy atom.